The lowest BCUT2D eigenvalue weighted by atomic mass is 10.0. The van der Waals surface area contributed by atoms with Crippen LogP contribution in [0.5, 0.6) is 0 Å². The molecule has 2 unspecified atom stereocenters. The van der Waals surface area contributed by atoms with Crippen LogP contribution in [0.2, 0.25) is 0 Å². The Morgan fingerprint density at radius 1 is 1.32 bits per heavy atom. The van der Waals surface area contributed by atoms with Crippen molar-refractivity contribution < 1.29 is 5.21 Å². The monoisotopic (exact) mass is 263 g/mol. The first-order chi connectivity index (χ1) is 9.06. The van der Waals surface area contributed by atoms with Gasteiger partial charge in [-0.2, -0.15) is 0 Å². The van der Waals surface area contributed by atoms with Crippen LogP contribution in [0, 0.1) is 5.92 Å². The second-order valence-corrected chi connectivity index (χ2v) is 5.21. The van der Waals surface area contributed by atoms with Crippen molar-refractivity contribution in [1.29, 1.82) is 0 Å². The highest BCUT2D eigenvalue weighted by molar-refractivity contribution is 5.96. The SMILES string of the molecule is CCC(C)CC(C)NCc1ccc(C(N)=NO)cc1. The van der Waals surface area contributed by atoms with Gasteiger partial charge in [0.05, 0.1) is 0 Å². The fraction of sp³-hybridized carbons (Fsp3) is 0.533. The van der Waals surface area contributed by atoms with Crippen molar-refractivity contribution in [2.45, 2.75) is 46.2 Å². The number of oxime groups is 1. The quantitative estimate of drug-likeness (QED) is 0.306. The molecule has 0 saturated heterocycles. The molecular weight excluding hydrogens is 238 g/mol. The predicted octanol–water partition coefficient (Wildman–Crippen LogP) is 2.70. The first kappa shape index (κ1) is 15.5. The molecule has 0 radical (unpaired) electrons. The van der Waals surface area contributed by atoms with Crippen LogP contribution in [-0.4, -0.2) is 17.1 Å². The molecule has 2 atom stereocenters. The van der Waals surface area contributed by atoms with Crippen molar-refractivity contribution in [2.75, 3.05) is 0 Å². The van der Waals surface area contributed by atoms with Crippen molar-refractivity contribution in [3.05, 3.63) is 35.4 Å². The van der Waals surface area contributed by atoms with E-state index in [4.69, 9.17) is 10.9 Å². The van der Waals surface area contributed by atoms with Crippen LogP contribution in [0.25, 0.3) is 0 Å². The van der Waals surface area contributed by atoms with Crippen LogP contribution in [0.4, 0.5) is 0 Å². The van der Waals surface area contributed by atoms with E-state index in [-0.39, 0.29) is 5.84 Å². The van der Waals surface area contributed by atoms with Crippen molar-refractivity contribution >= 4 is 5.84 Å². The summed E-state index contributed by atoms with van der Waals surface area (Å²) in [7, 11) is 0. The molecular formula is C15H25N3O. The first-order valence-electron chi connectivity index (χ1n) is 6.87. The molecule has 1 aromatic rings. The second kappa shape index (κ2) is 7.79. The number of nitrogens with two attached hydrogens (primary N) is 1. The Kier molecular flexibility index (Phi) is 6.36. The summed E-state index contributed by atoms with van der Waals surface area (Å²) in [5, 5.41) is 15.1. The zero-order valence-electron chi connectivity index (χ0n) is 12.1. The Hall–Kier alpha value is -1.55. The summed E-state index contributed by atoms with van der Waals surface area (Å²) in [6.07, 6.45) is 2.42. The van der Waals surface area contributed by atoms with Crippen LogP contribution in [0.1, 0.15) is 44.7 Å². The highest BCUT2D eigenvalue weighted by Crippen LogP contribution is 2.10. The summed E-state index contributed by atoms with van der Waals surface area (Å²) in [6, 6.07) is 8.24. The summed E-state index contributed by atoms with van der Waals surface area (Å²) < 4.78 is 0. The maximum absolute atomic E-state index is 8.59. The molecule has 0 aliphatic rings. The van der Waals surface area contributed by atoms with E-state index in [0.29, 0.717) is 6.04 Å². The van der Waals surface area contributed by atoms with E-state index >= 15 is 0 Å². The molecule has 1 rings (SSSR count). The predicted molar refractivity (Wildman–Crippen MR) is 79.3 cm³/mol. The van der Waals surface area contributed by atoms with Gasteiger partial charge < -0.3 is 16.3 Å². The van der Waals surface area contributed by atoms with Gasteiger partial charge in [0.25, 0.3) is 0 Å². The number of nitrogens with zero attached hydrogens (tertiary/aromatic N) is 1. The number of amidine groups is 1. The second-order valence-electron chi connectivity index (χ2n) is 5.21. The van der Waals surface area contributed by atoms with E-state index in [2.05, 4.69) is 31.2 Å². The number of nitrogens with one attached hydrogen (secondary N) is 1. The van der Waals surface area contributed by atoms with Crippen molar-refractivity contribution in [2.24, 2.45) is 16.8 Å². The van der Waals surface area contributed by atoms with Crippen LogP contribution in [0.3, 0.4) is 0 Å². The summed E-state index contributed by atoms with van der Waals surface area (Å²) in [5.41, 5.74) is 7.46. The van der Waals surface area contributed by atoms with Crippen LogP contribution in [0.15, 0.2) is 29.4 Å². The van der Waals surface area contributed by atoms with Gasteiger partial charge in [0, 0.05) is 18.2 Å². The van der Waals surface area contributed by atoms with E-state index in [1.54, 1.807) is 0 Å². The molecule has 0 amide bonds. The average molecular weight is 263 g/mol. The van der Waals surface area contributed by atoms with E-state index in [0.717, 1.165) is 18.0 Å². The van der Waals surface area contributed by atoms with Gasteiger partial charge >= 0.3 is 0 Å². The number of hydrogen-bond donors (Lipinski definition) is 3. The normalized spacial score (nSPS) is 15.2. The third-order valence-electron chi connectivity index (χ3n) is 3.46. The lowest BCUT2D eigenvalue weighted by Crippen LogP contribution is -2.27. The Bertz CT molecular complexity index is 400. The van der Waals surface area contributed by atoms with E-state index in [1.165, 1.54) is 18.4 Å². The smallest absolute Gasteiger partial charge is 0.170 e. The Morgan fingerprint density at radius 2 is 1.95 bits per heavy atom. The molecule has 0 aliphatic carbocycles. The maximum Gasteiger partial charge on any atom is 0.170 e. The van der Waals surface area contributed by atoms with Gasteiger partial charge in [-0.1, -0.05) is 49.7 Å². The summed E-state index contributed by atoms with van der Waals surface area (Å²) in [6.45, 7) is 7.57. The van der Waals surface area contributed by atoms with E-state index < -0.39 is 0 Å². The molecule has 4 nitrogen and oxygen atoms in total. The summed E-state index contributed by atoms with van der Waals surface area (Å²) >= 11 is 0. The van der Waals surface area contributed by atoms with Gasteiger partial charge in [-0.05, 0) is 24.8 Å². The Balaban J connectivity index is 2.46. The first-order valence-corrected chi connectivity index (χ1v) is 6.87. The number of benzene rings is 1. The van der Waals surface area contributed by atoms with Crippen molar-refractivity contribution in [3.8, 4) is 0 Å². The lowest BCUT2D eigenvalue weighted by Gasteiger charge is -2.17. The van der Waals surface area contributed by atoms with Gasteiger partial charge in [-0.3, -0.25) is 0 Å². The molecule has 106 valence electrons. The average Bonchev–Trinajstić information content (AvgIpc) is 2.44. The maximum atomic E-state index is 8.59. The zero-order chi connectivity index (χ0) is 14.3. The van der Waals surface area contributed by atoms with Gasteiger partial charge in [-0.15, -0.1) is 0 Å². The minimum atomic E-state index is 0.143. The third kappa shape index (κ3) is 5.30. The number of rotatable bonds is 7. The summed E-state index contributed by atoms with van der Waals surface area (Å²) in [5.74, 6) is 0.898. The summed E-state index contributed by atoms with van der Waals surface area (Å²) in [4.78, 5) is 0. The van der Waals surface area contributed by atoms with Gasteiger partial charge in [0.2, 0.25) is 0 Å². The fourth-order valence-corrected chi connectivity index (χ4v) is 2.00. The Morgan fingerprint density at radius 3 is 2.47 bits per heavy atom. The standard InChI is InChI=1S/C15H25N3O/c1-4-11(2)9-12(3)17-10-13-5-7-14(8-6-13)15(16)18-19/h5-8,11-12,17,19H,4,9-10H2,1-3H3,(H2,16,18). The highest BCUT2D eigenvalue weighted by Gasteiger charge is 2.06. The van der Waals surface area contributed by atoms with E-state index in [1.807, 2.05) is 24.3 Å². The molecule has 0 aliphatic heterocycles. The molecule has 0 heterocycles. The molecule has 0 saturated carbocycles. The van der Waals surface area contributed by atoms with E-state index in [9.17, 15) is 0 Å². The molecule has 19 heavy (non-hydrogen) atoms. The highest BCUT2D eigenvalue weighted by atomic mass is 16.4. The largest absolute Gasteiger partial charge is 0.409 e. The van der Waals surface area contributed by atoms with Crippen molar-refractivity contribution in [3.63, 3.8) is 0 Å². The molecule has 0 aromatic heterocycles. The number of hydrogen-bond acceptors (Lipinski definition) is 3. The fourth-order valence-electron chi connectivity index (χ4n) is 2.00. The van der Waals surface area contributed by atoms with Crippen LogP contribution >= 0.6 is 0 Å². The molecule has 0 bridgehead atoms. The van der Waals surface area contributed by atoms with Gasteiger partial charge in [-0.25, -0.2) is 0 Å². The Labute approximate surface area is 115 Å². The third-order valence-corrected chi connectivity index (χ3v) is 3.46. The minimum absolute atomic E-state index is 0.143. The zero-order valence-corrected chi connectivity index (χ0v) is 12.1. The van der Waals surface area contributed by atoms with Gasteiger partial charge in [0.15, 0.2) is 5.84 Å². The minimum Gasteiger partial charge on any atom is -0.409 e. The lowest BCUT2D eigenvalue weighted by molar-refractivity contribution is 0.318. The van der Waals surface area contributed by atoms with Gasteiger partial charge in [0.1, 0.15) is 0 Å². The molecule has 4 heteroatoms. The molecule has 0 spiro atoms. The van der Waals surface area contributed by atoms with Crippen LogP contribution < -0.4 is 11.1 Å². The molecule has 1 aromatic carbocycles. The molecule has 0 fully saturated rings. The van der Waals surface area contributed by atoms with Crippen molar-refractivity contribution in [1.82, 2.24) is 5.32 Å². The topological polar surface area (TPSA) is 70.6 Å². The van der Waals surface area contributed by atoms with Crippen LogP contribution in [-0.2, 0) is 6.54 Å². The molecule has 4 N–H and O–H groups in total.